The Bertz CT molecular complexity index is 1390. The molecule has 5 N–H and O–H groups in total. The summed E-state index contributed by atoms with van der Waals surface area (Å²) < 4.78 is 30.7. The molecular formula is C25H26F2N8O2. The van der Waals surface area contributed by atoms with Gasteiger partial charge in [-0.15, -0.1) is 4.91 Å². The van der Waals surface area contributed by atoms with Crippen LogP contribution in [-0.4, -0.2) is 47.5 Å². The van der Waals surface area contributed by atoms with Crippen LogP contribution in [0.4, 0.5) is 14.5 Å². The van der Waals surface area contributed by atoms with Crippen molar-refractivity contribution in [3.8, 4) is 11.1 Å². The lowest BCUT2D eigenvalue weighted by atomic mass is 9.94. The highest BCUT2D eigenvalue weighted by Gasteiger charge is 2.22. The Hall–Kier alpha value is -4.81. The Morgan fingerprint density at radius 2 is 1.78 bits per heavy atom. The van der Waals surface area contributed by atoms with Crippen molar-refractivity contribution >= 4 is 35.9 Å². The van der Waals surface area contributed by atoms with Crippen molar-refractivity contribution in [1.29, 1.82) is 0 Å². The summed E-state index contributed by atoms with van der Waals surface area (Å²) in [6.07, 6.45) is 7.04. The largest absolute Gasteiger partial charge is 0.341 e. The fraction of sp³-hybridized carbons (Fsp3) is 0.0800. The number of aromatic nitrogens is 4. The van der Waals surface area contributed by atoms with E-state index in [9.17, 15) is 9.30 Å². The molecule has 4 rings (SSSR count). The van der Waals surface area contributed by atoms with E-state index in [0.717, 1.165) is 6.07 Å². The number of nitrogens with zero attached hydrogens (tertiary/aromatic N) is 5. The van der Waals surface area contributed by atoms with Crippen LogP contribution in [0, 0.1) is 16.5 Å². The number of aliphatic imine (C=N–C) groups is 1. The van der Waals surface area contributed by atoms with Crippen molar-refractivity contribution in [2.24, 2.45) is 21.6 Å². The van der Waals surface area contributed by atoms with Gasteiger partial charge in [-0.3, -0.25) is 4.99 Å². The molecule has 0 aliphatic carbocycles. The first-order valence-corrected chi connectivity index (χ1v) is 10.5. The number of imidazole rings is 1. The van der Waals surface area contributed by atoms with Gasteiger partial charge in [0.05, 0.1) is 11.9 Å². The van der Waals surface area contributed by atoms with Gasteiger partial charge in [0.25, 0.3) is 0 Å². The van der Waals surface area contributed by atoms with Crippen molar-refractivity contribution in [2.75, 3.05) is 14.1 Å². The molecule has 2 aromatic heterocycles. The lowest BCUT2D eigenvalue weighted by Crippen LogP contribution is -2.02. The highest BCUT2D eigenvalue weighted by atomic mass is 19.1. The first-order valence-electron chi connectivity index (χ1n) is 10.5. The molecule has 37 heavy (non-hydrogen) atoms. The minimum atomic E-state index is -0.819. The maximum absolute atomic E-state index is 15.7. The number of allylic oxidation sites excluding steroid dienone is 2. The van der Waals surface area contributed by atoms with Gasteiger partial charge in [-0.1, -0.05) is 18.2 Å². The number of rotatable bonds is 6. The summed E-state index contributed by atoms with van der Waals surface area (Å²) in [5, 5.41) is 2.88. The molecule has 192 valence electrons. The number of carbonyl (C=O) groups is 1. The molecule has 0 fully saturated rings. The third-order valence-electron chi connectivity index (χ3n) is 4.56. The summed E-state index contributed by atoms with van der Waals surface area (Å²) in [6.45, 7) is 5.36. The molecule has 0 unspecified atom stereocenters. The summed E-state index contributed by atoms with van der Waals surface area (Å²) in [7, 11) is 3.00. The molecule has 4 aromatic rings. The van der Waals surface area contributed by atoms with E-state index in [-0.39, 0.29) is 28.1 Å². The van der Waals surface area contributed by atoms with Gasteiger partial charge in [0, 0.05) is 17.3 Å². The molecule has 0 saturated heterocycles. The van der Waals surface area contributed by atoms with Crippen molar-refractivity contribution in [3.63, 3.8) is 0 Å². The summed E-state index contributed by atoms with van der Waals surface area (Å²) >= 11 is 0. The minimum Gasteiger partial charge on any atom is -0.341 e. The monoisotopic (exact) mass is 508 g/mol. The van der Waals surface area contributed by atoms with E-state index in [2.05, 4.69) is 48.3 Å². The fourth-order valence-electron chi connectivity index (χ4n) is 3.20. The molecule has 0 atom stereocenters. The highest BCUT2D eigenvalue weighted by Crippen LogP contribution is 2.35. The molecule has 10 nitrogen and oxygen atoms in total. The minimum absolute atomic E-state index is 0.105. The molecule has 0 amide bonds. The second kappa shape index (κ2) is 16.0. The van der Waals surface area contributed by atoms with Gasteiger partial charge in [-0.25, -0.2) is 23.7 Å². The highest BCUT2D eigenvalue weighted by molar-refractivity contribution is 5.92. The quantitative estimate of drug-likeness (QED) is 0.198. The third-order valence-corrected chi connectivity index (χ3v) is 4.56. The van der Waals surface area contributed by atoms with E-state index in [1.807, 2.05) is 6.79 Å². The number of nitrogens with two attached hydrogens (primary N) is 2. The first-order chi connectivity index (χ1) is 18.1. The summed E-state index contributed by atoms with van der Waals surface area (Å²) in [6, 6.07) is 8.56. The fourth-order valence-corrected chi connectivity index (χ4v) is 3.20. The maximum atomic E-state index is 15.7. The van der Waals surface area contributed by atoms with E-state index >= 15 is 4.39 Å². The SMILES string of the molecule is C=N/C=C\C=C(/c1c(F)ccc(-c2cccc(N=O)c2)c1F)c1ncnc2nc[nH]c12.C=O.CN.CN. The van der Waals surface area contributed by atoms with Crippen LogP contribution in [0.5, 0.6) is 0 Å². The third kappa shape index (κ3) is 7.10. The average molecular weight is 509 g/mol. The van der Waals surface area contributed by atoms with Gasteiger partial charge in [-0.2, -0.15) is 0 Å². The Labute approximate surface area is 211 Å². The zero-order valence-electron chi connectivity index (χ0n) is 20.2. The molecule has 0 spiro atoms. The second-order valence-corrected chi connectivity index (χ2v) is 6.35. The van der Waals surface area contributed by atoms with Gasteiger partial charge in [-0.05, 0) is 61.9 Å². The first kappa shape index (κ1) is 30.2. The number of H-pyrrole nitrogens is 1. The molecule has 12 heteroatoms. The van der Waals surface area contributed by atoms with Gasteiger partial charge in [0.15, 0.2) is 5.65 Å². The zero-order valence-corrected chi connectivity index (χ0v) is 20.2. The van der Waals surface area contributed by atoms with E-state index in [1.54, 1.807) is 12.1 Å². The number of nitroso groups, excluding NO2 is 1. The molecule has 0 aliphatic heterocycles. The molecular weight excluding hydrogens is 482 g/mol. The predicted molar refractivity (Wildman–Crippen MR) is 142 cm³/mol. The van der Waals surface area contributed by atoms with Crippen LogP contribution in [0.2, 0.25) is 0 Å². The van der Waals surface area contributed by atoms with Crippen molar-refractivity contribution in [2.45, 2.75) is 0 Å². The van der Waals surface area contributed by atoms with Crippen molar-refractivity contribution in [1.82, 2.24) is 19.9 Å². The number of fused-ring (bicyclic) bond motifs is 1. The predicted octanol–water partition coefficient (Wildman–Crippen LogP) is 4.31. The number of nitrogens with one attached hydrogen (secondary N) is 1. The number of aromatic amines is 1. The Balaban J connectivity index is 0.00000106. The van der Waals surface area contributed by atoms with E-state index in [4.69, 9.17) is 4.79 Å². The lowest BCUT2D eigenvalue weighted by Gasteiger charge is -2.13. The number of carbonyl (C=O) groups excluding carboxylic acids is 1. The van der Waals surface area contributed by atoms with Crippen molar-refractivity contribution in [3.05, 3.63) is 95.2 Å². The van der Waals surface area contributed by atoms with Crippen LogP contribution >= 0.6 is 0 Å². The van der Waals surface area contributed by atoms with E-state index in [0.29, 0.717) is 16.7 Å². The van der Waals surface area contributed by atoms with Crippen LogP contribution < -0.4 is 11.5 Å². The Morgan fingerprint density at radius 3 is 2.46 bits per heavy atom. The van der Waals surface area contributed by atoms with Crippen LogP contribution in [0.25, 0.3) is 27.9 Å². The smallest absolute Gasteiger partial charge is 0.181 e. The van der Waals surface area contributed by atoms with Gasteiger partial charge >= 0.3 is 0 Å². The number of hydrogen-bond donors (Lipinski definition) is 3. The summed E-state index contributed by atoms with van der Waals surface area (Å²) in [5.74, 6) is -1.61. The Morgan fingerprint density at radius 1 is 1.05 bits per heavy atom. The molecule has 0 bridgehead atoms. The van der Waals surface area contributed by atoms with Gasteiger partial charge in [0.1, 0.15) is 41.6 Å². The Kier molecular flexibility index (Phi) is 13.0. The van der Waals surface area contributed by atoms with E-state index < -0.39 is 11.6 Å². The normalized spacial score (nSPS) is 10.4. The van der Waals surface area contributed by atoms with Crippen LogP contribution in [0.1, 0.15) is 11.3 Å². The number of hydrogen-bond acceptors (Lipinski definition) is 9. The van der Waals surface area contributed by atoms with E-state index in [1.165, 1.54) is 63.3 Å². The average Bonchev–Trinajstić information content (AvgIpc) is 3.45. The maximum Gasteiger partial charge on any atom is 0.181 e. The summed E-state index contributed by atoms with van der Waals surface area (Å²) in [4.78, 5) is 37.7. The standard InChI is InChI=1S/C22H14F2N6O.2CH5N.CH2O/c1-25-9-3-6-16(20-21-22(28-11-26-20)29-12-27-21)18-17(23)8-7-15(19(18)24)13-4-2-5-14(10-13)30-31;3*1-2/h2-12H,1H2,(H,26,27,28,29);2*2H2,1H3;1H2/b9-3-,16-6+;;;. The summed E-state index contributed by atoms with van der Waals surface area (Å²) in [5.41, 5.74) is 10.5. The second-order valence-electron chi connectivity index (χ2n) is 6.35. The van der Waals surface area contributed by atoms with Crippen molar-refractivity contribution < 1.29 is 13.6 Å². The molecule has 0 saturated carbocycles. The molecule has 0 radical (unpaired) electrons. The zero-order chi connectivity index (χ0) is 27.8. The topological polar surface area (TPSA) is 165 Å². The van der Waals surface area contributed by atoms with Crippen LogP contribution in [0.3, 0.4) is 0 Å². The van der Waals surface area contributed by atoms with Gasteiger partial charge in [0.2, 0.25) is 0 Å². The molecule has 0 aliphatic rings. The van der Waals surface area contributed by atoms with Crippen LogP contribution in [0.15, 0.2) is 77.6 Å². The van der Waals surface area contributed by atoms with Crippen LogP contribution in [-0.2, 0) is 4.79 Å². The molecule has 2 heterocycles. The molecule has 2 aromatic carbocycles. The number of benzene rings is 2. The van der Waals surface area contributed by atoms with Gasteiger partial charge < -0.3 is 21.2 Å². The lowest BCUT2D eigenvalue weighted by molar-refractivity contribution is -0.0980. The number of halogens is 2.